The number of esters is 2. The number of allylic oxidation sites excluding steroid dienone is 3. The molecule has 0 saturated heterocycles. The van der Waals surface area contributed by atoms with Crippen LogP contribution in [0.4, 0.5) is 0 Å². The summed E-state index contributed by atoms with van der Waals surface area (Å²) in [4.78, 5) is 34.6. The summed E-state index contributed by atoms with van der Waals surface area (Å²) in [6, 6.07) is 0. The van der Waals surface area contributed by atoms with Gasteiger partial charge in [0, 0.05) is 19.0 Å². The van der Waals surface area contributed by atoms with E-state index in [1.807, 2.05) is 12.2 Å². The Kier molecular flexibility index (Phi) is 36.1. The van der Waals surface area contributed by atoms with Gasteiger partial charge in [0.05, 0.1) is 13.2 Å². The highest BCUT2D eigenvalue weighted by atomic mass is 31.2. The Balaban J connectivity index is 4.28. The highest BCUT2D eigenvalue weighted by Crippen LogP contribution is 2.43. The average molecular weight is 730 g/mol. The van der Waals surface area contributed by atoms with Gasteiger partial charge in [0.15, 0.2) is 6.10 Å². The van der Waals surface area contributed by atoms with Crippen LogP contribution in [0.1, 0.15) is 187 Å². The minimum Gasteiger partial charge on any atom is -0.462 e. The SMILES string of the molecule is CCCCCCCCCCCCC/C=C/C=C/C(=O)O[C@H](COC(=O)CCCCCCCCCCCCCCCC)COP(=O)(O)OCCN. The van der Waals surface area contributed by atoms with Crippen LogP contribution in [0.3, 0.4) is 0 Å². The molecular weight excluding hydrogens is 653 g/mol. The Bertz CT molecular complexity index is 881. The fraction of sp³-hybridized carbons (Fsp3) is 0.850. The van der Waals surface area contributed by atoms with Gasteiger partial charge >= 0.3 is 19.8 Å². The molecule has 0 aromatic carbocycles. The topological polar surface area (TPSA) is 134 Å². The van der Waals surface area contributed by atoms with Crippen molar-refractivity contribution < 1.29 is 37.6 Å². The number of carbonyl (C=O) groups is 2. The maximum atomic E-state index is 12.4. The molecule has 0 radical (unpaired) electrons. The zero-order chi connectivity index (χ0) is 36.8. The third kappa shape index (κ3) is 36.3. The summed E-state index contributed by atoms with van der Waals surface area (Å²) in [6.45, 7) is 3.61. The van der Waals surface area contributed by atoms with Gasteiger partial charge in [-0.15, -0.1) is 0 Å². The van der Waals surface area contributed by atoms with Gasteiger partial charge in [0.2, 0.25) is 0 Å². The second-order valence-corrected chi connectivity index (χ2v) is 15.0. The standard InChI is InChI=1S/C40H76NO8P/c1-3-5-7-9-11-13-15-17-19-21-23-25-27-29-31-33-40(43)49-38(37-48-50(44,45)47-35-34-41)36-46-39(42)32-30-28-26-24-22-20-18-16-14-12-10-8-6-4-2/h27,29,31,33,38H,3-26,28,30,32,34-37,41H2,1-2H3,(H,44,45)/b29-27+,33-31+/t38-/m1/s1. The van der Waals surface area contributed by atoms with Gasteiger partial charge < -0.3 is 20.1 Å². The molecule has 0 bridgehead atoms. The lowest BCUT2D eigenvalue weighted by Crippen LogP contribution is -2.29. The quantitative estimate of drug-likeness (QED) is 0.0209. The number of hydrogen-bond acceptors (Lipinski definition) is 8. The molecule has 1 unspecified atom stereocenters. The molecule has 10 heteroatoms. The van der Waals surface area contributed by atoms with Crippen molar-refractivity contribution >= 4 is 19.8 Å². The molecule has 0 rings (SSSR count). The van der Waals surface area contributed by atoms with Crippen LogP contribution in [0.2, 0.25) is 0 Å². The Hall–Kier alpha value is -1.51. The van der Waals surface area contributed by atoms with Crippen molar-refractivity contribution in [1.82, 2.24) is 0 Å². The number of phosphoric acid groups is 1. The van der Waals surface area contributed by atoms with E-state index in [1.54, 1.807) is 6.08 Å². The normalized spacial score (nSPS) is 13.6. The molecule has 0 aromatic rings. The van der Waals surface area contributed by atoms with E-state index in [2.05, 4.69) is 13.8 Å². The van der Waals surface area contributed by atoms with Crippen molar-refractivity contribution in [3.05, 3.63) is 24.3 Å². The van der Waals surface area contributed by atoms with E-state index < -0.39 is 32.5 Å². The first-order chi connectivity index (χ1) is 24.3. The molecule has 3 N–H and O–H groups in total. The summed E-state index contributed by atoms with van der Waals surface area (Å²) in [7, 11) is -4.39. The van der Waals surface area contributed by atoms with Crippen LogP contribution in [-0.2, 0) is 32.7 Å². The van der Waals surface area contributed by atoms with Gasteiger partial charge in [-0.3, -0.25) is 13.8 Å². The molecule has 0 aromatic heterocycles. The van der Waals surface area contributed by atoms with E-state index in [0.717, 1.165) is 32.1 Å². The Morgan fingerprint density at radius 2 is 1.10 bits per heavy atom. The number of unbranched alkanes of at least 4 members (excludes halogenated alkanes) is 24. The molecule has 2 atom stereocenters. The van der Waals surface area contributed by atoms with E-state index in [0.29, 0.717) is 0 Å². The molecule has 9 nitrogen and oxygen atoms in total. The minimum atomic E-state index is -4.39. The second-order valence-electron chi connectivity index (χ2n) is 13.6. The number of hydrogen-bond donors (Lipinski definition) is 2. The Morgan fingerprint density at radius 3 is 1.58 bits per heavy atom. The largest absolute Gasteiger partial charge is 0.472 e. The fourth-order valence-corrected chi connectivity index (χ4v) is 6.42. The van der Waals surface area contributed by atoms with E-state index in [9.17, 15) is 19.0 Å². The number of nitrogens with two attached hydrogens (primary N) is 1. The maximum absolute atomic E-state index is 12.4. The summed E-state index contributed by atoms with van der Waals surface area (Å²) in [5.74, 6) is -1.07. The summed E-state index contributed by atoms with van der Waals surface area (Å²) in [6.07, 6.45) is 38.4. The molecule has 0 heterocycles. The summed E-state index contributed by atoms with van der Waals surface area (Å²) >= 11 is 0. The predicted molar refractivity (Wildman–Crippen MR) is 206 cm³/mol. The number of carbonyl (C=O) groups excluding carboxylic acids is 2. The second kappa shape index (κ2) is 37.3. The van der Waals surface area contributed by atoms with Crippen LogP contribution in [0.5, 0.6) is 0 Å². The number of rotatable bonds is 38. The fourth-order valence-electron chi connectivity index (χ4n) is 5.66. The van der Waals surface area contributed by atoms with Crippen molar-refractivity contribution in [2.24, 2.45) is 5.73 Å². The molecule has 0 saturated carbocycles. The Morgan fingerprint density at radius 1 is 0.640 bits per heavy atom. The first-order valence-corrected chi connectivity index (χ1v) is 21.9. The van der Waals surface area contributed by atoms with Gasteiger partial charge in [0.1, 0.15) is 6.61 Å². The monoisotopic (exact) mass is 730 g/mol. The lowest BCUT2D eigenvalue weighted by atomic mass is 10.0. The first-order valence-electron chi connectivity index (χ1n) is 20.4. The predicted octanol–water partition coefficient (Wildman–Crippen LogP) is 11.2. The zero-order valence-electron chi connectivity index (χ0n) is 32.1. The van der Waals surface area contributed by atoms with Crippen LogP contribution >= 0.6 is 7.82 Å². The van der Waals surface area contributed by atoms with Crippen molar-refractivity contribution in [1.29, 1.82) is 0 Å². The van der Waals surface area contributed by atoms with Gasteiger partial charge in [0.25, 0.3) is 0 Å². The molecule has 294 valence electrons. The molecule has 50 heavy (non-hydrogen) atoms. The van der Waals surface area contributed by atoms with E-state index >= 15 is 0 Å². The average Bonchev–Trinajstić information content (AvgIpc) is 3.10. The lowest BCUT2D eigenvalue weighted by Gasteiger charge is -2.19. The lowest BCUT2D eigenvalue weighted by molar-refractivity contribution is -0.157. The van der Waals surface area contributed by atoms with Crippen LogP contribution in [0, 0.1) is 0 Å². The first kappa shape index (κ1) is 48.5. The summed E-state index contributed by atoms with van der Waals surface area (Å²) in [5, 5.41) is 0. The number of phosphoric ester groups is 1. The van der Waals surface area contributed by atoms with Gasteiger partial charge in [-0.25, -0.2) is 9.36 Å². The van der Waals surface area contributed by atoms with Crippen LogP contribution in [-0.4, -0.2) is 49.3 Å². The molecular formula is C40H76NO8P. The maximum Gasteiger partial charge on any atom is 0.472 e. The van der Waals surface area contributed by atoms with Gasteiger partial charge in [-0.05, 0) is 19.3 Å². The molecule has 0 aliphatic rings. The van der Waals surface area contributed by atoms with Crippen molar-refractivity contribution in [3.63, 3.8) is 0 Å². The summed E-state index contributed by atoms with van der Waals surface area (Å²) < 4.78 is 32.5. The molecule has 0 amide bonds. The van der Waals surface area contributed by atoms with Crippen molar-refractivity contribution in [2.45, 2.75) is 193 Å². The van der Waals surface area contributed by atoms with Crippen molar-refractivity contribution in [2.75, 3.05) is 26.4 Å². The highest BCUT2D eigenvalue weighted by Gasteiger charge is 2.25. The van der Waals surface area contributed by atoms with E-state index in [1.165, 1.54) is 141 Å². The zero-order valence-corrected chi connectivity index (χ0v) is 33.0. The van der Waals surface area contributed by atoms with Gasteiger partial charge in [-0.1, -0.05) is 180 Å². The molecule has 0 aliphatic heterocycles. The highest BCUT2D eigenvalue weighted by molar-refractivity contribution is 7.47. The minimum absolute atomic E-state index is 0.0424. The van der Waals surface area contributed by atoms with Crippen LogP contribution in [0.15, 0.2) is 24.3 Å². The molecule has 0 spiro atoms. The van der Waals surface area contributed by atoms with Gasteiger partial charge in [-0.2, -0.15) is 0 Å². The van der Waals surface area contributed by atoms with Crippen LogP contribution < -0.4 is 5.73 Å². The summed E-state index contributed by atoms with van der Waals surface area (Å²) in [5.41, 5.74) is 5.33. The third-order valence-electron chi connectivity index (χ3n) is 8.70. The van der Waals surface area contributed by atoms with Crippen molar-refractivity contribution in [3.8, 4) is 0 Å². The van der Waals surface area contributed by atoms with Crippen LogP contribution in [0.25, 0.3) is 0 Å². The Labute approximate surface area is 306 Å². The molecule has 0 fully saturated rings. The third-order valence-corrected chi connectivity index (χ3v) is 9.68. The molecule has 0 aliphatic carbocycles. The number of ether oxygens (including phenoxy) is 2. The smallest absolute Gasteiger partial charge is 0.462 e. The van der Waals surface area contributed by atoms with E-state index in [-0.39, 0.29) is 26.2 Å². The van der Waals surface area contributed by atoms with E-state index in [4.69, 9.17) is 24.3 Å².